The number of carbonyl (C=O) groups is 2. The van der Waals surface area contributed by atoms with E-state index in [0.29, 0.717) is 0 Å². The molecule has 27 heavy (non-hydrogen) atoms. The van der Waals surface area contributed by atoms with Crippen LogP contribution in [0.4, 0.5) is 4.79 Å². The highest BCUT2D eigenvalue weighted by atomic mass is 32.2. The highest BCUT2D eigenvalue weighted by Gasteiger charge is 2.43. The van der Waals surface area contributed by atoms with Crippen LogP contribution in [-0.2, 0) is 9.53 Å². The number of hydrogen-bond acceptors (Lipinski definition) is 4. The van der Waals surface area contributed by atoms with Crippen LogP contribution in [0.3, 0.4) is 0 Å². The number of rotatable bonds is 6. The second kappa shape index (κ2) is 8.61. The van der Waals surface area contributed by atoms with Crippen LogP contribution < -0.4 is 0 Å². The maximum atomic E-state index is 13.3. The number of nitrogens with zero attached hydrogens (tertiary/aromatic N) is 1. The lowest BCUT2D eigenvalue weighted by atomic mass is 9.97. The van der Waals surface area contributed by atoms with Gasteiger partial charge < -0.3 is 4.74 Å². The maximum absolute atomic E-state index is 13.3. The van der Waals surface area contributed by atoms with E-state index in [1.165, 1.54) is 4.90 Å². The topological polar surface area (TPSA) is 46.6 Å². The summed E-state index contributed by atoms with van der Waals surface area (Å²) in [6.07, 6.45) is -0.526. The first-order valence-corrected chi connectivity index (χ1v) is 10.1. The van der Waals surface area contributed by atoms with Crippen molar-refractivity contribution in [1.82, 2.24) is 4.90 Å². The molecule has 3 atom stereocenters. The van der Waals surface area contributed by atoms with E-state index >= 15 is 0 Å². The molecular formula is C22H25NO3S. The van der Waals surface area contributed by atoms with Gasteiger partial charge in [-0.1, -0.05) is 69.3 Å². The Kier molecular flexibility index (Phi) is 6.22. The Balaban J connectivity index is 1.89. The van der Waals surface area contributed by atoms with E-state index < -0.39 is 6.09 Å². The van der Waals surface area contributed by atoms with Gasteiger partial charge in [0.2, 0.25) is 5.91 Å². The minimum atomic E-state index is -0.526. The SMILES string of the molecule is CC(C)[C@H]1COC(=O)N1C(=O)[C@H](C)[C@H](Sc1ccccc1)c1ccccc1. The zero-order chi connectivity index (χ0) is 19.4. The van der Waals surface area contributed by atoms with Gasteiger partial charge in [-0.2, -0.15) is 0 Å². The van der Waals surface area contributed by atoms with Crippen LogP contribution in [0.25, 0.3) is 0 Å². The molecule has 4 nitrogen and oxygen atoms in total. The fourth-order valence-electron chi connectivity index (χ4n) is 3.28. The fraction of sp³-hybridized carbons (Fsp3) is 0.364. The summed E-state index contributed by atoms with van der Waals surface area (Å²) in [7, 11) is 0. The van der Waals surface area contributed by atoms with Crippen molar-refractivity contribution >= 4 is 23.8 Å². The minimum absolute atomic E-state index is 0.0951. The molecule has 2 aromatic carbocycles. The molecule has 0 aliphatic carbocycles. The number of amides is 2. The molecule has 0 aromatic heterocycles. The first-order chi connectivity index (χ1) is 13.0. The van der Waals surface area contributed by atoms with E-state index in [2.05, 4.69) is 0 Å². The lowest BCUT2D eigenvalue weighted by Crippen LogP contribution is -2.45. The third-order valence-corrected chi connectivity index (χ3v) is 6.37. The summed E-state index contributed by atoms with van der Waals surface area (Å²) in [6.45, 7) is 6.19. The number of cyclic esters (lactones) is 1. The molecule has 0 radical (unpaired) electrons. The molecule has 142 valence electrons. The number of imide groups is 1. The van der Waals surface area contributed by atoms with E-state index in [4.69, 9.17) is 4.74 Å². The van der Waals surface area contributed by atoms with Gasteiger partial charge in [0.05, 0.1) is 12.0 Å². The van der Waals surface area contributed by atoms with Crippen molar-refractivity contribution in [3.63, 3.8) is 0 Å². The normalized spacial score (nSPS) is 19.0. The highest BCUT2D eigenvalue weighted by molar-refractivity contribution is 7.99. The molecule has 0 bridgehead atoms. The van der Waals surface area contributed by atoms with Gasteiger partial charge in [-0.05, 0) is 23.6 Å². The summed E-state index contributed by atoms with van der Waals surface area (Å²) in [5.74, 6) is -0.387. The number of hydrogen-bond donors (Lipinski definition) is 0. The molecule has 1 aliphatic rings. The molecular weight excluding hydrogens is 358 g/mol. The predicted octanol–water partition coefficient (Wildman–Crippen LogP) is 5.16. The minimum Gasteiger partial charge on any atom is -0.447 e. The molecule has 0 saturated carbocycles. The van der Waals surface area contributed by atoms with Crippen molar-refractivity contribution in [3.05, 3.63) is 66.2 Å². The smallest absolute Gasteiger partial charge is 0.416 e. The third kappa shape index (κ3) is 4.35. The number of carbonyl (C=O) groups excluding carboxylic acids is 2. The van der Waals surface area contributed by atoms with Crippen LogP contribution in [0.1, 0.15) is 31.6 Å². The Morgan fingerprint density at radius 3 is 2.22 bits per heavy atom. The number of ether oxygens (including phenoxy) is 1. The van der Waals surface area contributed by atoms with E-state index in [9.17, 15) is 9.59 Å². The molecule has 1 fully saturated rings. The summed E-state index contributed by atoms with van der Waals surface area (Å²) in [4.78, 5) is 27.9. The standard InChI is InChI=1S/C22H25NO3S/c1-15(2)19-14-26-22(25)23(19)21(24)16(3)20(17-10-6-4-7-11-17)27-18-12-8-5-9-13-18/h4-13,15-16,19-20H,14H2,1-3H3/t16-,19-,20+/m1/s1. The highest BCUT2D eigenvalue weighted by Crippen LogP contribution is 2.42. The fourth-order valence-corrected chi connectivity index (χ4v) is 4.50. The van der Waals surface area contributed by atoms with Gasteiger partial charge in [-0.25, -0.2) is 9.69 Å². The second-order valence-corrected chi connectivity index (χ2v) is 8.36. The van der Waals surface area contributed by atoms with Crippen LogP contribution in [0.2, 0.25) is 0 Å². The van der Waals surface area contributed by atoms with E-state index in [0.717, 1.165) is 10.5 Å². The van der Waals surface area contributed by atoms with E-state index in [1.807, 2.05) is 81.4 Å². The van der Waals surface area contributed by atoms with Gasteiger partial charge in [-0.3, -0.25) is 4.79 Å². The Bertz CT molecular complexity index is 779. The van der Waals surface area contributed by atoms with Gasteiger partial charge in [0, 0.05) is 10.1 Å². The van der Waals surface area contributed by atoms with Crippen LogP contribution in [-0.4, -0.2) is 29.5 Å². The van der Waals surface area contributed by atoms with Crippen LogP contribution in [0.5, 0.6) is 0 Å². The molecule has 2 aromatic rings. The van der Waals surface area contributed by atoms with Crippen molar-refractivity contribution in [2.75, 3.05) is 6.61 Å². The Morgan fingerprint density at radius 2 is 1.63 bits per heavy atom. The van der Waals surface area contributed by atoms with Gasteiger partial charge in [0.15, 0.2) is 0 Å². The van der Waals surface area contributed by atoms with Crippen LogP contribution in [0.15, 0.2) is 65.6 Å². The monoisotopic (exact) mass is 383 g/mol. The Labute approximate surface area is 164 Å². The Hall–Kier alpha value is -2.27. The molecule has 3 rings (SSSR count). The maximum Gasteiger partial charge on any atom is 0.416 e. The molecule has 0 unspecified atom stereocenters. The zero-order valence-corrected chi connectivity index (χ0v) is 16.7. The number of thioether (sulfide) groups is 1. The average molecular weight is 384 g/mol. The van der Waals surface area contributed by atoms with Crippen molar-refractivity contribution < 1.29 is 14.3 Å². The van der Waals surface area contributed by atoms with Crippen molar-refractivity contribution in [1.29, 1.82) is 0 Å². The molecule has 0 N–H and O–H groups in total. The first-order valence-electron chi connectivity index (χ1n) is 9.25. The molecule has 1 heterocycles. The summed E-state index contributed by atoms with van der Waals surface area (Å²) in [5, 5.41) is -0.0951. The van der Waals surface area contributed by atoms with E-state index in [1.54, 1.807) is 11.8 Å². The van der Waals surface area contributed by atoms with Crippen LogP contribution in [0, 0.1) is 11.8 Å². The third-order valence-electron chi connectivity index (χ3n) is 4.89. The summed E-state index contributed by atoms with van der Waals surface area (Å²) < 4.78 is 5.17. The molecule has 1 saturated heterocycles. The zero-order valence-electron chi connectivity index (χ0n) is 15.9. The Morgan fingerprint density at radius 1 is 1.04 bits per heavy atom. The van der Waals surface area contributed by atoms with Gasteiger partial charge in [0.25, 0.3) is 0 Å². The van der Waals surface area contributed by atoms with Gasteiger partial charge in [0.1, 0.15) is 6.61 Å². The number of benzene rings is 2. The quantitative estimate of drug-likeness (QED) is 0.647. The average Bonchev–Trinajstić information content (AvgIpc) is 3.08. The summed E-state index contributed by atoms with van der Waals surface area (Å²) in [5.41, 5.74) is 1.07. The summed E-state index contributed by atoms with van der Waals surface area (Å²) in [6, 6.07) is 19.8. The van der Waals surface area contributed by atoms with Gasteiger partial charge >= 0.3 is 6.09 Å². The lowest BCUT2D eigenvalue weighted by molar-refractivity contribution is -0.133. The lowest BCUT2D eigenvalue weighted by Gasteiger charge is -2.29. The van der Waals surface area contributed by atoms with Crippen molar-refractivity contribution in [2.24, 2.45) is 11.8 Å². The molecule has 2 amide bonds. The second-order valence-electron chi connectivity index (χ2n) is 7.15. The first kappa shape index (κ1) is 19.5. The largest absolute Gasteiger partial charge is 0.447 e. The predicted molar refractivity (Wildman–Crippen MR) is 107 cm³/mol. The van der Waals surface area contributed by atoms with Crippen molar-refractivity contribution in [3.8, 4) is 0 Å². The molecule has 1 aliphatic heterocycles. The summed E-state index contributed by atoms with van der Waals surface area (Å²) >= 11 is 1.65. The molecule has 0 spiro atoms. The van der Waals surface area contributed by atoms with Gasteiger partial charge in [-0.15, -0.1) is 11.8 Å². The molecule has 5 heteroatoms. The van der Waals surface area contributed by atoms with E-state index in [-0.39, 0.29) is 35.6 Å². The van der Waals surface area contributed by atoms with Crippen LogP contribution >= 0.6 is 11.8 Å². The van der Waals surface area contributed by atoms with Crippen molar-refractivity contribution in [2.45, 2.75) is 37.0 Å².